The molecule has 4 N–H and O–H groups in total. The van der Waals surface area contributed by atoms with E-state index in [-0.39, 0.29) is 11.3 Å². The third kappa shape index (κ3) is 2.45. The molecule has 1 saturated carbocycles. The molecular weight excluding hydrogens is 263 g/mol. The minimum absolute atomic E-state index is 0.0298. The summed E-state index contributed by atoms with van der Waals surface area (Å²) >= 11 is 0. The zero-order valence-corrected chi connectivity index (χ0v) is 11.1. The molecule has 1 aromatic carbocycles. The van der Waals surface area contributed by atoms with Gasteiger partial charge in [0, 0.05) is 11.6 Å². The molecule has 0 aromatic heterocycles. The Bertz CT molecular complexity index is 561. The third-order valence-corrected chi connectivity index (χ3v) is 4.01. The molecular formula is C14H17FN2O3. The lowest BCUT2D eigenvalue weighted by molar-refractivity contribution is -0.148. The second-order valence-electron chi connectivity index (χ2n) is 5.38. The topological polar surface area (TPSA) is 92.4 Å². The van der Waals surface area contributed by atoms with Crippen LogP contribution >= 0.6 is 0 Å². The molecule has 0 heterocycles. The first-order valence-electron chi connectivity index (χ1n) is 6.44. The maximum absolute atomic E-state index is 13.3. The van der Waals surface area contributed by atoms with E-state index in [4.69, 9.17) is 5.73 Å². The van der Waals surface area contributed by atoms with Gasteiger partial charge in [-0.05, 0) is 38.0 Å². The van der Waals surface area contributed by atoms with Crippen molar-refractivity contribution in [2.24, 2.45) is 5.41 Å². The second-order valence-corrected chi connectivity index (χ2v) is 5.38. The van der Waals surface area contributed by atoms with Crippen molar-refractivity contribution in [1.82, 2.24) is 5.32 Å². The van der Waals surface area contributed by atoms with Crippen LogP contribution in [0.2, 0.25) is 0 Å². The number of nitrogens with two attached hydrogens (primary N) is 1. The summed E-state index contributed by atoms with van der Waals surface area (Å²) in [5.41, 5.74) is 4.49. The van der Waals surface area contributed by atoms with Gasteiger partial charge in [0.05, 0.1) is 11.1 Å². The van der Waals surface area contributed by atoms with Gasteiger partial charge in [-0.2, -0.15) is 0 Å². The van der Waals surface area contributed by atoms with Crippen molar-refractivity contribution < 1.29 is 19.1 Å². The summed E-state index contributed by atoms with van der Waals surface area (Å²) in [7, 11) is 0. The van der Waals surface area contributed by atoms with Crippen molar-refractivity contribution >= 4 is 17.6 Å². The Labute approximate surface area is 116 Å². The fraction of sp³-hybridized carbons (Fsp3) is 0.429. The highest BCUT2D eigenvalue weighted by Crippen LogP contribution is 2.38. The van der Waals surface area contributed by atoms with Crippen LogP contribution < -0.4 is 11.1 Å². The molecule has 5 nitrogen and oxygen atoms in total. The Balaban J connectivity index is 2.15. The highest BCUT2D eigenvalue weighted by molar-refractivity contribution is 5.95. The lowest BCUT2D eigenvalue weighted by atomic mass is 9.85. The molecule has 1 aromatic rings. The number of aliphatic carboxylic acids is 1. The SMILES string of the molecule is CC1(C(=O)O)CCCC1NC(=O)c1ccc(N)c(F)c1. The lowest BCUT2D eigenvalue weighted by Crippen LogP contribution is -2.47. The van der Waals surface area contributed by atoms with E-state index < -0.39 is 29.2 Å². The van der Waals surface area contributed by atoms with Gasteiger partial charge in [-0.1, -0.05) is 6.42 Å². The number of carboxylic acid groups (broad SMARTS) is 1. The Morgan fingerprint density at radius 2 is 2.20 bits per heavy atom. The van der Waals surface area contributed by atoms with Gasteiger partial charge in [0.1, 0.15) is 5.82 Å². The molecule has 0 bridgehead atoms. The molecule has 0 saturated heterocycles. The Hall–Kier alpha value is -2.11. The number of carbonyl (C=O) groups excluding carboxylic acids is 1. The van der Waals surface area contributed by atoms with Crippen LogP contribution in [0.3, 0.4) is 0 Å². The second kappa shape index (κ2) is 5.11. The normalized spacial score (nSPS) is 25.4. The molecule has 20 heavy (non-hydrogen) atoms. The van der Waals surface area contributed by atoms with Crippen LogP contribution in [0.1, 0.15) is 36.5 Å². The number of hydrogen-bond donors (Lipinski definition) is 3. The van der Waals surface area contributed by atoms with Crippen LogP contribution in [-0.2, 0) is 4.79 Å². The van der Waals surface area contributed by atoms with E-state index in [1.165, 1.54) is 12.1 Å². The lowest BCUT2D eigenvalue weighted by Gasteiger charge is -2.27. The van der Waals surface area contributed by atoms with Crippen molar-refractivity contribution in [2.75, 3.05) is 5.73 Å². The zero-order chi connectivity index (χ0) is 14.9. The van der Waals surface area contributed by atoms with Gasteiger partial charge in [-0.25, -0.2) is 4.39 Å². The number of hydrogen-bond acceptors (Lipinski definition) is 3. The quantitative estimate of drug-likeness (QED) is 0.736. The number of nitrogens with one attached hydrogen (secondary N) is 1. The van der Waals surface area contributed by atoms with Crippen molar-refractivity contribution in [1.29, 1.82) is 0 Å². The molecule has 6 heteroatoms. The standard InChI is InChI=1S/C14H17FN2O3/c1-14(13(19)20)6-2-3-11(14)17-12(18)8-4-5-10(16)9(15)7-8/h4-5,7,11H,2-3,6,16H2,1H3,(H,17,18)(H,19,20). The number of carbonyl (C=O) groups is 2. The van der Waals surface area contributed by atoms with Gasteiger partial charge >= 0.3 is 5.97 Å². The molecule has 2 rings (SSSR count). The number of anilines is 1. The third-order valence-electron chi connectivity index (χ3n) is 4.01. The van der Waals surface area contributed by atoms with Crippen molar-refractivity contribution in [3.63, 3.8) is 0 Å². The van der Waals surface area contributed by atoms with Gasteiger partial charge < -0.3 is 16.2 Å². The first kappa shape index (κ1) is 14.3. The maximum atomic E-state index is 13.3. The molecule has 1 fully saturated rings. The predicted molar refractivity (Wildman–Crippen MR) is 71.7 cm³/mol. The van der Waals surface area contributed by atoms with Crippen molar-refractivity contribution in [2.45, 2.75) is 32.2 Å². The number of benzene rings is 1. The summed E-state index contributed by atoms with van der Waals surface area (Å²) in [4.78, 5) is 23.4. The summed E-state index contributed by atoms with van der Waals surface area (Å²) in [6, 6.07) is 3.33. The van der Waals surface area contributed by atoms with Gasteiger partial charge in [0.2, 0.25) is 0 Å². The summed E-state index contributed by atoms with van der Waals surface area (Å²) in [5.74, 6) is -2.07. The largest absolute Gasteiger partial charge is 0.481 e. The summed E-state index contributed by atoms with van der Waals surface area (Å²) in [6.45, 7) is 1.62. The van der Waals surface area contributed by atoms with Gasteiger partial charge in [-0.15, -0.1) is 0 Å². The Kier molecular flexibility index (Phi) is 3.65. The van der Waals surface area contributed by atoms with Crippen LogP contribution in [0.15, 0.2) is 18.2 Å². The molecule has 1 aliphatic rings. The molecule has 1 amide bonds. The highest BCUT2D eigenvalue weighted by Gasteiger charge is 2.45. The smallest absolute Gasteiger partial charge is 0.311 e. The minimum Gasteiger partial charge on any atom is -0.481 e. The van der Waals surface area contributed by atoms with E-state index in [2.05, 4.69) is 5.32 Å². The number of rotatable bonds is 3. The van der Waals surface area contributed by atoms with Gasteiger partial charge in [-0.3, -0.25) is 9.59 Å². The van der Waals surface area contributed by atoms with Crippen molar-refractivity contribution in [3.8, 4) is 0 Å². The van der Waals surface area contributed by atoms with Crippen LogP contribution in [0, 0.1) is 11.2 Å². The average Bonchev–Trinajstić information content (AvgIpc) is 2.75. The van der Waals surface area contributed by atoms with E-state index in [0.29, 0.717) is 12.8 Å². The van der Waals surface area contributed by atoms with E-state index in [9.17, 15) is 19.1 Å². The molecule has 1 aliphatic carbocycles. The minimum atomic E-state index is -0.970. The first-order valence-corrected chi connectivity index (χ1v) is 6.44. The Morgan fingerprint density at radius 3 is 2.80 bits per heavy atom. The molecule has 2 unspecified atom stereocenters. The average molecular weight is 280 g/mol. The number of nitrogen functional groups attached to an aromatic ring is 1. The predicted octanol–water partition coefficient (Wildman–Crippen LogP) is 1.78. The maximum Gasteiger partial charge on any atom is 0.311 e. The van der Waals surface area contributed by atoms with Crippen LogP contribution in [0.5, 0.6) is 0 Å². The van der Waals surface area contributed by atoms with Crippen molar-refractivity contribution in [3.05, 3.63) is 29.6 Å². The van der Waals surface area contributed by atoms with Crippen LogP contribution in [-0.4, -0.2) is 23.0 Å². The fourth-order valence-corrected chi connectivity index (χ4v) is 2.56. The van der Waals surface area contributed by atoms with Gasteiger partial charge in [0.25, 0.3) is 5.91 Å². The summed E-state index contributed by atoms with van der Waals surface area (Å²) < 4.78 is 13.3. The Morgan fingerprint density at radius 1 is 1.50 bits per heavy atom. The van der Waals surface area contributed by atoms with E-state index >= 15 is 0 Å². The number of halogens is 1. The molecule has 2 atom stereocenters. The van der Waals surface area contributed by atoms with Crippen LogP contribution in [0.4, 0.5) is 10.1 Å². The summed E-state index contributed by atoms with van der Waals surface area (Å²) in [6.07, 6.45) is 1.86. The zero-order valence-electron chi connectivity index (χ0n) is 11.1. The van der Waals surface area contributed by atoms with E-state index in [1.807, 2.05) is 0 Å². The number of amides is 1. The molecule has 0 spiro atoms. The monoisotopic (exact) mass is 280 g/mol. The fourth-order valence-electron chi connectivity index (χ4n) is 2.56. The first-order chi connectivity index (χ1) is 9.34. The summed E-state index contributed by atoms with van der Waals surface area (Å²) in [5, 5.41) is 12.0. The van der Waals surface area contributed by atoms with E-state index in [0.717, 1.165) is 12.5 Å². The molecule has 108 valence electrons. The van der Waals surface area contributed by atoms with Gasteiger partial charge in [0.15, 0.2) is 0 Å². The molecule has 0 aliphatic heterocycles. The molecule has 0 radical (unpaired) electrons. The van der Waals surface area contributed by atoms with Crippen LogP contribution in [0.25, 0.3) is 0 Å². The number of carboxylic acids is 1. The van der Waals surface area contributed by atoms with E-state index in [1.54, 1.807) is 6.92 Å². The highest BCUT2D eigenvalue weighted by atomic mass is 19.1.